The van der Waals surface area contributed by atoms with Gasteiger partial charge in [0.1, 0.15) is 10.7 Å². The molecule has 0 radical (unpaired) electrons. The number of hydrogen-bond acceptors (Lipinski definition) is 5. The van der Waals surface area contributed by atoms with E-state index >= 15 is 0 Å². The van der Waals surface area contributed by atoms with Gasteiger partial charge in [-0.25, -0.2) is 18.1 Å². The van der Waals surface area contributed by atoms with Crippen LogP contribution in [0.15, 0.2) is 23.2 Å². The summed E-state index contributed by atoms with van der Waals surface area (Å²) in [6.45, 7) is 5.08. The minimum absolute atomic E-state index is 0.111. The van der Waals surface area contributed by atoms with Gasteiger partial charge in [-0.15, -0.1) is 0 Å². The third-order valence-corrected chi connectivity index (χ3v) is 5.60. The van der Waals surface area contributed by atoms with Gasteiger partial charge in [0.05, 0.1) is 5.92 Å². The van der Waals surface area contributed by atoms with Crippen LogP contribution in [0, 0.1) is 5.92 Å². The monoisotopic (exact) mass is 340 g/mol. The Morgan fingerprint density at radius 1 is 1.52 bits per heavy atom. The molecule has 1 fully saturated rings. The molecular weight excluding hydrogens is 316 g/mol. The third-order valence-electron chi connectivity index (χ3n) is 4.02. The summed E-state index contributed by atoms with van der Waals surface area (Å²) in [5, 5.41) is 0. The Kier molecular flexibility index (Phi) is 5.59. The van der Waals surface area contributed by atoms with Crippen LogP contribution in [-0.4, -0.2) is 38.4 Å². The van der Waals surface area contributed by atoms with E-state index in [4.69, 9.17) is 5.73 Å². The van der Waals surface area contributed by atoms with Crippen molar-refractivity contribution in [2.24, 2.45) is 11.7 Å². The largest absolute Gasteiger partial charge is 0.369 e. The molecule has 2 heterocycles. The van der Waals surface area contributed by atoms with E-state index < -0.39 is 10.0 Å². The number of pyridine rings is 1. The molecule has 0 spiro atoms. The van der Waals surface area contributed by atoms with Crippen LogP contribution in [0.1, 0.15) is 33.1 Å². The van der Waals surface area contributed by atoms with Gasteiger partial charge in [0.15, 0.2) is 0 Å². The normalized spacial score (nSPS) is 19.7. The summed E-state index contributed by atoms with van der Waals surface area (Å²) < 4.78 is 27.2. The van der Waals surface area contributed by atoms with Crippen LogP contribution in [0.4, 0.5) is 5.82 Å². The molecule has 23 heavy (non-hydrogen) atoms. The zero-order valence-electron chi connectivity index (χ0n) is 13.5. The number of nitrogens with zero attached hydrogens (tertiary/aromatic N) is 2. The van der Waals surface area contributed by atoms with E-state index in [9.17, 15) is 13.2 Å². The van der Waals surface area contributed by atoms with Crippen LogP contribution in [0.5, 0.6) is 0 Å². The fourth-order valence-corrected chi connectivity index (χ4v) is 3.97. The van der Waals surface area contributed by atoms with Crippen molar-refractivity contribution in [3.63, 3.8) is 0 Å². The van der Waals surface area contributed by atoms with Gasteiger partial charge in [-0.2, -0.15) is 0 Å². The van der Waals surface area contributed by atoms with Crippen LogP contribution in [0.2, 0.25) is 0 Å². The topological polar surface area (TPSA) is 105 Å². The SMILES string of the molecule is CCC[C@H](C)NS(=O)(=O)c1ccc(N2CC[C@H](C(N)=O)C2)nc1. The van der Waals surface area contributed by atoms with Crippen LogP contribution in [-0.2, 0) is 14.8 Å². The number of amides is 1. The minimum Gasteiger partial charge on any atom is -0.369 e. The first kappa shape index (κ1) is 17.7. The summed E-state index contributed by atoms with van der Waals surface area (Å²) in [6.07, 6.45) is 3.75. The van der Waals surface area contributed by atoms with Gasteiger partial charge in [0, 0.05) is 25.3 Å². The van der Waals surface area contributed by atoms with E-state index in [0.29, 0.717) is 25.3 Å². The van der Waals surface area contributed by atoms with E-state index in [1.807, 2.05) is 18.7 Å². The van der Waals surface area contributed by atoms with Crippen molar-refractivity contribution in [3.8, 4) is 0 Å². The quantitative estimate of drug-likeness (QED) is 0.766. The molecule has 0 aliphatic carbocycles. The molecule has 1 aromatic rings. The molecule has 8 heteroatoms. The van der Waals surface area contributed by atoms with Crippen molar-refractivity contribution < 1.29 is 13.2 Å². The molecule has 1 aromatic heterocycles. The lowest BCUT2D eigenvalue weighted by Gasteiger charge is -2.18. The number of anilines is 1. The first-order valence-electron chi connectivity index (χ1n) is 7.86. The number of hydrogen-bond donors (Lipinski definition) is 2. The molecule has 0 bridgehead atoms. The Balaban J connectivity index is 2.06. The molecule has 3 N–H and O–H groups in total. The molecule has 1 saturated heterocycles. The van der Waals surface area contributed by atoms with Gasteiger partial charge in [0.25, 0.3) is 0 Å². The molecule has 128 valence electrons. The molecule has 7 nitrogen and oxygen atoms in total. The number of sulfonamides is 1. The second kappa shape index (κ2) is 7.27. The lowest BCUT2D eigenvalue weighted by atomic mass is 10.1. The zero-order valence-corrected chi connectivity index (χ0v) is 14.3. The molecule has 1 aliphatic heterocycles. The van der Waals surface area contributed by atoms with E-state index in [1.165, 1.54) is 6.20 Å². The average Bonchev–Trinajstić information content (AvgIpc) is 2.97. The fourth-order valence-electron chi connectivity index (χ4n) is 2.74. The average molecular weight is 340 g/mol. The van der Waals surface area contributed by atoms with E-state index in [1.54, 1.807) is 12.1 Å². The van der Waals surface area contributed by atoms with E-state index in [-0.39, 0.29) is 22.8 Å². The van der Waals surface area contributed by atoms with Crippen molar-refractivity contribution in [1.82, 2.24) is 9.71 Å². The number of primary amides is 1. The highest BCUT2D eigenvalue weighted by Gasteiger charge is 2.27. The maximum absolute atomic E-state index is 12.3. The minimum atomic E-state index is -3.55. The van der Waals surface area contributed by atoms with Crippen molar-refractivity contribution in [2.45, 2.75) is 44.0 Å². The summed E-state index contributed by atoms with van der Waals surface area (Å²) in [5.74, 6) is 0.187. The molecule has 0 unspecified atom stereocenters. The lowest BCUT2D eigenvalue weighted by molar-refractivity contribution is -0.121. The first-order chi connectivity index (χ1) is 10.8. The van der Waals surface area contributed by atoms with Crippen molar-refractivity contribution >= 4 is 21.7 Å². The maximum Gasteiger partial charge on any atom is 0.242 e. The third kappa shape index (κ3) is 4.42. The second-order valence-corrected chi connectivity index (χ2v) is 7.71. The molecule has 0 aromatic carbocycles. The van der Waals surface area contributed by atoms with Crippen LogP contribution in [0.3, 0.4) is 0 Å². The van der Waals surface area contributed by atoms with Gasteiger partial charge in [0.2, 0.25) is 15.9 Å². The lowest BCUT2D eigenvalue weighted by Crippen LogP contribution is -2.32. The summed E-state index contributed by atoms with van der Waals surface area (Å²) in [4.78, 5) is 17.5. The smallest absolute Gasteiger partial charge is 0.242 e. The molecular formula is C15H24N4O3S. The van der Waals surface area contributed by atoms with Crippen molar-refractivity contribution in [1.29, 1.82) is 0 Å². The molecule has 2 rings (SSSR count). The highest BCUT2D eigenvalue weighted by Crippen LogP contribution is 2.22. The predicted octanol–water partition coefficient (Wildman–Crippen LogP) is 0.860. The molecule has 2 atom stereocenters. The second-order valence-electron chi connectivity index (χ2n) is 6.00. The highest BCUT2D eigenvalue weighted by molar-refractivity contribution is 7.89. The summed E-state index contributed by atoms with van der Waals surface area (Å²) in [6, 6.07) is 3.10. The summed E-state index contributed by atoms with van der Waals surface area (Å²) in [7, 11) is -3.55. The van der Waals surface area contributed by atoms with E-state index in [2.05, 4.69) is 9.71 Å². The Morgan fingerprint density at radius 3 is 2.78 bits per heavy atom. The van der Waals surface area contributed by atoms with Gasteiger partial charge in [-0.05, 0) is 31.9 Å². The number of aromatic nitrogens is 1. The number of rotatable bonds is 7. The zero-order chi connectivity index (χ0) is 17.0. The molecule has 1 aliphatic rings. The Morgan fingerprint density at radius 2 is 2.26 bits per heavy atom. The van der Waals surface area contributed by atoms with Gasteiger partial charge in [-0.1, -0.05) is 13.3 Å². The number of carbonyl (C=O) groups is 1. The van der Waals surface area contributed by atoms with Crippen molar-refractivity contribution in [3.05, 3.63) is 18.3 Å². The maximum atomic E-state index is 12.3. The van der Waals surface area contributed by atoms with Gasteiger partial charge < -0.3 is 10.6 Å². The van der Waals surface area contributed by atoms with E-state index in [0.717, 1.165) is 12.8 Å². The van der Waals surface area contributed by atoms with Gasteiger partial charge in [-0.3, -0.25) is 4.79 Å². The Labute approximate surface area is 137 Å². The Hall–Kier alpha value is -1.67. The highest BCUT2D eigenvalue weighted by atomic mass is 32.2. The molecule has 0 saturated carbocycles. The van der Waals surface area contributed by atoms with Gasteiger partial charge >= 0.3 is 0 Å². The Bertz CT molecular complexity index is 645. The van der Waals surface area contributed by atoms with Crippen LogP contribution < -0.4 is 15.4 Å². The predicted molar refractivity (Wildman–Crippen MR) is 88.4 cm³/mol. The fraction of sp³-hybridized carbons (Fsp3) is 0.600. The van der Waals surface area contributed by atoms with Crippen molar-refractivity contribution in [2.75, 3.05) is 18.0 Å². The standard InChI is InChI=1S/C15H24N4O3S/c1-3-4-11(2)18-23(21,22)13-5-6-14(17-9-13)19-8-7-12(10-19)15(16)20/h5-6,9,11-12,18H,3-4,7-8,10H2,1-2H3,(H2,16,20)/t11-,12-/m0/s1. The number of nitrogens with one attached hydrogen (secondary N) is 1. The first-order valence-corrected chi connectivity index (χ1v) is 9.34. The van der Waals surface area contributed by atoms with Crippen LogP contribution >= 0.6 is 0 Å². The number of carbonyl (C=O) groups excluding carboxylic acids is 1. The molecule has 1 amide bonds. The summed E-state index contributed by atoms with van der Waals surface area (Å²) in [5.41, 5.74) is 5.32. The van der Waals surface area contributed by atoms with Crippen LogP contribution in [0.25, 0.3) is 0 Å². The number of nitrogens with two attached hydrogens (primary N) is 1. The summed E-state index contributed by atoms with van der Waals surface area (Å²) >= 11 is 0.